The van der Waals surface area contributed by atoms with Crippen LogP contribution in [0.25, 0.3) is 0 Å². The fraction of sp³-hybridized carbons (Fsp3) is 0.529. The van der Waals surface area contributed by atoms with Gasteiger partial charge in [0.25, 0.3) is 0 Å². The van der Waals surface area contributed by atoms with Gasteiger partial charge in [0.15, 0.2) is 0 Å². The number of hydrogen-bond donors (Lipinski definition) is 1. The molecule has 0 saturated heterocycles. The maximum absolute atomic E-state index is 12.3. The number of allylic oxidation sites excluding steroid dienone is 1. The van der Waals surface area contributed by atoms with Crippen LogP contribution in [0.3, 0.4) is 0 Å². The quantitative estimate of drug-likeness (QED) is 0.688. The van der Waals surface area contributed by atoms with E-state index in [2.05, 4.69) is 6.92 Å². The Morgan fingerprint density at radius 3 is 2.40 bits per heavy atom. The molecule has 0 spiro atoms. The van der Waals surface area contributed by atoms with Crippen LogP contribution in [-0.4, -0.2) is 15.9 Å². The summed E-state index contributed by atoms with van der Waals surface area (Å²) < 4.78 is 12.3. The first-order chi connectivity index (χ1) is 9.67. The van der Waals surface area contributed by atoms with Crippen LogP contribution < -0.4 is 0 Å². The molecular formula is C17H26O2S. The van der Waals surface area contributed by atoms with Crippen LogP contribution in [0.4, 0.5) is 0 Å². The van der Waals surface area contributed by atoms with Crippen molar-refractivity contribution in [2.45, 2.75) is 57.3 Å². The smallest absolute Gasteiger partial charge is 0.0775 e. The van der Waals surface area contributed by atoms with Crippen molar-refractivity contribution in [3.8, 4) is 0 Å². The van der Waals surface area contributed by atoms with Crippen molar-refractivity contribution in [2.75, 3.05) is 6.61 Å². The molecule has 1 aromatic carbocycles. The van der Waals surface area contributed by atoms with Crippen molar-refractivity contribution in [1.82, 2.24) is 0 Å². The Morgan fingerprint density at radius 1 is 1.15 bits per heavy atom. The summed E-state index contributed by atoms with van der Waals surface area (Å²) in [4.78, 5) is 0.867. The molecule has 0 aliphatic carbocycles. The summed E-state index contributed by atoms with van der Waals surface area (Å²) in [6.07, 6.45) is 6.03. The third-order valence-corrected chi connectivity index (χ3v) is 4.57. The van der Waals surface area contributed by atoms with Crippen LogP contribution in [0.1, 0.15) is 51.0 Å². The van der Waals surface area contributed by atoms with Gasteiger partial charge < -0.3 is 5.11 Å². The molecule has 112 valence electrons. The highest BCUT2D eigenvalue weighted by atomic mass is 32.2. The standard InChI is InChI=1S/C17H26O2S/c1-3-4-7-16(8-5-6-13-18)14-20(19)17-11-9-15(2)10-12-17/h9-12,14,18H,3-8,13H2,1-2H3/b16-14-/t20-/m1/s1. The van der Waals surface area contributed by atoms with Gasteiger partial charge in [-0.3, -0.25) is 0 Å². The molecule has 0 aliphatic heterocycles. The van der Waals surface area contributed by atoms with Crippen molar-refractivity contribution in [2.24, 2.45) is 0 Å². The first-order valence-corrected chi connectivity index (χ1v) is 8.66. The number of aliphatic hydroxyl groups excluding tert-OH is 1. The molecule has 1 rings (SSSR count). The summed E-state index contributed by atoms with van der Waals surface area (Å²) in [5, 5.41) is 10.8. The van der Waals surface area contributed by atoms with Gasteiger partial charge in [0.1, 0.15) is 0 Å². The number of rotatable bonds is 9. The van der Waals surface area contributed by atoms with Crippen LogP contribution >= 0.6 is 0 Å². The first kappa shape index (κ1) is 17.1. The summed E-state index contributed by atoms with van der Waals surface area (Å²) in [5.74, 6) is 0. The molecule has 1 aromatic rings. The summed E-state index contributed by atoms with van der Waals surface area (Å²) in [6, 6.07) is 7.87. The number of aryl methyl sites for hydroxylation is 1. The molecule has 0 aromatic heterocycles. The van der Waals surface area contributed by atoms with E-state index in [1.807, 2.05) is 36.6 Å². The third kappa shape index (κ3) is 6.49. The van der Waals surface area contributed by atoms with Gasteiger partial charge in [-0.1, -0.05) is 36.6 Å². The summed E-state index contributed by atoms with van der Waals surface area (Å²) in [5.41, 5.74) is 2.45. The van der Waals surface area contributed by atoms with Crippen molar-refractivity contribution >= 4 is 10.8 Å². The lowest BCUT2D eigenvalue weighted by atomic mass is 10.0. The van der Waals surface area contributed by atoms with E-state index >= 15 is 0 Å². The zero-order valence-corrected chi connectivity index (χ0v) is 13.4. The second-order valence-electron chi connectivity index (χ2n) is 5.17. The van der Waals surface area contributed by atoms with E-state index in [9.17, 15) is 4.21 Å². The molecule has 0 saturated carbocycles. The highest BCUT2D eigenvalue weighted by Crippen LogP contribution is 2.18. The Morgan fingerprint density at radius 2 is 1.80 bits per heavy atom. The van der Waals surface area contributed by atoms with Crippen LogP contribution in [0, 0.1) is 6.92 Å². The topological polar surface area (TPSA) is 37.3 Å². The van der Waals surface area contributed by atoms with E-state index in [0.29, 0.717) is 0 Å². The molecule has 0 fully saturated rings. The Bertz CT molecular complexity index is 435. The molecule has 0 bridgehead atoms. The molecule has 0 radical (unpaired) electrons. The molecule has 3 heteroatoms. The first-order valence-electron chi connectivity index (χ1n) is 7.45. The summed E-state index contributed by atoms with van der Waals surface area (Å²) >= 11 is 0. The van der Waals surface area contributed by atoms with Gasteiger partial charge >= 0.3 is 0 Å². The third-order valence-electron chi connectivity index (χ3n) is 3.28. The molecule has 0 unspecified atom stereocenters. The van der Waals surface area contributed by atoms with E-state index in [4.69, 9.17) is 5.11 Å². The van der Waals surface area contributed by atoms with E-state index in [1.54, 1.807) is 0 Å². The second-order valence-corrected chi connectivity index (χ2v) is 6.47. The van der Waals surface area contributed by atoms with Crippen LogP contribution in [0.2, 0.25) is 0 Å². The summed E-state index contributed by atoms with van der Waals surface area (Å²) in [7, 11) is -1.06. The van der Waals surface area contributed by atoms with E-state index in [1.165, 1.54) is 11.1 Å². The lowest BCUT2D eigenvalue weighted by Crippen LogP contribution is -1.93. The number of hydrogen-bond acceptors (Lipinski definition) is 2. The van der Waals surface area contributed by atoms with Gasteiger partial charge in [-0.05, 0) is 51.2 Å². The Kier molecular flexibility index (Phi) is 8.47. The van der Waals surface area contributed by atoms with E-state index in [-0.39, 0.29) is 6.61 Å². The fourth-order valence-electron chi connectivity index (χ4n) is 2.00. The van der Waals surface area contributed by atoms with Crippen molar-refractivity contribution in [3.63, 3.8) is 0 Å². The molecule has 0 amide bonds. The maximum atomic E-state index is 12.3. The van der Waals surface area contributed by atoms with Crippen LogP contribution in [-0.2, 0) is 10.8 Å². The monoisotopic (exact) mass is 294 g/mol. The van der Waals surface area contributed by atoms with Crippen LogP contribution in [0.15, 0.2) is 40.1 Å². The van der Waals surface area contributed by atoms with Gasteiger partial charge in [0.05, 0.1) is 10.8 Å². The Balaban J connectivity index is 2.71. The predicted molar refractivity (Wildman–Crippen MR) is 86.1 cm³/mol. The highest BCUT2D eigenvalue weighted by Gasteiger charge is 2.04. The fourth-order valence-corrected chi connectivity index (χ4v) is 3.08. The van der Waals surface area contributed by atoms with Crippen molar-refractivity contribution < 1.29 is 9.32 Å². The largest absolute Gasteiger partial charge is 0.396 e. The minimum atomic E-state index is -1.06. The maximum Gasteiger partial charge on any atom is 0.0775 e. The number of aliphatic hydroxyl groups is 1. The summed E-state index contributed by atoms with van der Waals surface area (Å²) in [6.45, 7) is 4.44. The zero-order chi connectivity index (χ0) is 14.8. The average Bonchev–Trinajstić information content (AvgIpc) is 2.45. The van der Waals surface area contributed by atoms with Crippen molar-refractivity contribution in [3.05, 3.63) is 40.8 Å². The normalized spacial score (nSPS) is 13.4. The molecule has 20 heavy (non-hydrogen) atoms. The molecule has 2 nitrogen and oxygen atoms in total. The lowest BCUT2D eigenvalue weighted by molar-refractivity contribution is 0.284. The van der Waals surface area contributed by atoms with Gasteiger partial charge in [-0.2, -0.15) is 0 Å². The van der Waals surface area contributed by atoms with E-state index in [0.717, 1.165) is 43.4 Å². The Hall–Kier alpha value is -0.930. The number of benzene rings is 1. The molecule has 0 heterocycles. The van der Waals surface area contributed by atoms with Gasteiger partial charge in [-0.15, -0.1) is 0 Å². The minimum absolute atomic E-state index is 0.238. The van der Waals surface area contributed by atoms with E-state index < -0.39 is 10.8 Å². The van der Waals surface area contributed by atoms with Gasteiger partial charge in [0, 0.05) is 16.9 Å². The zero-order valence-electron chi connectivity index (χ0n) is 12.6. The highest BCUT2D eigenvalue weighted by molar-refractivity contribution is 7.88. The average molecular weight is 294 g/mol. The van der Waals surface area contributed by atoms with Crippen LogP contribution in [0.5, 0.6) is 0 Å². The molecular weight excluding hydrogens is 268 g/mol. The SMILES string of the molecule is CCCC/C(=C/[S@@](=O)c1ccc(C)cc1)CCCCO. The minimum Gasteiger partial charge on any atom is -0.396 e. The predicted octanol–water partition coefficient (Wildman–Crippen LogP) is 4.34. The molecule has 0 aliphatic rings. The van der Waals surface area contributed by atoms with Gasteiger partial charge in [-0.25, -0.2) is 4.21 Å². The lowest BCUT2D eigenvalue weighted by Gasteiger charge is -2.07. The molecule has 1 N–H and O–H groups in total. The second kappa shape index (κ2) is 9.89. The number of unbranched alkanes of at least 4 members (excludes halogenated alkanes) is 2. The van der Waals surface area contributed by atoms with Gasteiger partial charge in [0.2, 0.25) is 0 Å². The molecule has 1 atom stereocenters. The Labute approximate surface area is 125 Å². The van der Waals surface area contributed by atoms with Crippen molar-refractivity contribution in [1.29, 1.82) is 0 Å².